The van der Waals surface area contributed by atoms with Gasteiger partial charge in [-0.15, -0.1) is 11.3 Å². The van der Waals surface area contributed by atoms with Crippen LogP contribution < -0.4 is 5.73 Å². The summed E-state index contributed by atoms with van der Waals surface area (Å²) >= 11 is 1.80. The van der Waals surface area contributed by atoms with Gasteiger partial charge >= 0.3 is 0 Å². The van der Waals surface area contributed by atoms with E-state index >= 15 is 0 Å². The Bertz CT molecular complexity index is 522. The molecule has 1 aromatic heterocycles. The average Bonchev–Trinajstić information content (AvgIpc) is 3.05. The molecule has 3 heteroatoms. The lowest BCUT2D eigenvalue weighted by atomic mass is 9.75. The highest BCUT2D eigenvalue weighted by molar-refractivity contribution is 7.18. The van der Waals surface area contributed by atoms with Crippen molar-refractivity contribution in [1.29, 1.82) is 0 Å². The molecule has 0 radical (unpaired) electrons. The number of fused-ring (bicyclic) bond motifs is 1. The van der Waals surface area contributed by atoms with Gasteiger partial charge in [0.2, 0.25) is 0 Å². The lowest BCUT2D eigenvalue weighted by molar-refractivity contribution is 0.219. The largest absolute Gasteiger partial charge is 0.327 e. The van der Waals surface area contributed by atoms with Crippen molar-refractivity contribution in [3.05, 3.63) is 29.3 Å². The minimum absolute atomic E-state index is 0.264. The zero-order valence-electron chi connectivity index (χ0n) is 11.6. The summed E-state index contributed by atoms with van der Waals surface area (Å²) in [5.41, 5.74) is 8.04. The Balaban J connectivity index is 1.80. The first-order valence-corrected chi connectivity index (χ1v) is 8.15. The second kappa shape index (κ2) is 5.22. The van der Waals surface area contributed by atoms with Crippen LogP contribution in [0.3, 0.4) is 0 Å². The summed E-state index contributed by atoms with van der Waals surface area (Å²) < 4.78 is 1.28. The number of para-hydroxylation sites is 1. The molecule has 0 amide bonds. The first-order chi connectivity index (χ1) is 9.23. The first kappa shape index (κ1) is 13.1. The molecule has 0 aliphatic heterocycles. The fraction of sp³-hybridized carbons (Fsp3) is 0.562. The topological polar surface area (TPSA) is 38.9 Å². The Kier molecular flexibility index (Phi) is 3.59. The Morgan fingerprint density at radius 2 is 2.05 bits per heavy atom. The maximum atomic E-state index is 6.55. The Morgan fingerprint density at radius 3 is 2.74 bits per heavy atom. The fourth-order valence-electron chi connectivity index (χ4n) is 3.48. The van der Waals surface area contributed by atoms with Crippen LogP contribution in [0.25, 0.3) is 10.2 Å². The van der Waals surface area contributed by atoms with Crippen molar-refractivity contribution < 1.29 is 0 Å². The molecule has 0 bridgehead atoms. The maximum absolute atomic E-state index is 6.55. The predicted octanol–water partition coefficient (Wildman–Crippen LogP) is 4.14. The second-order valence-electron chi connectivity index (χ2n) is 5.81. The van der Waals surface area contributed by atoms with E-state index < -0.39 is 0 Å². The molecular formula is C16H22N2S. The first-order valence-electron chi connectivity index (χ1n) is 7.33. The quantitative estimate of drug-likeness (QED) is 0.910. The summed E-state index contributed by atoms with van der Waals surface area (Å²) in [5.74, 6) is 0. The minimum atomic E-state index is 0.264. The van der Waals surface area contributed by atoms with E-state index in [2.05, 4.69) is 31.2 Å². The summed E-state index contributed by atoms with van der Waals surface area (Å²) in [4.78, 5) is 4.73. The Labute approximate surface area is 119 Å². The van der Waals surface area contributed by atoms with Gasteiger partial charge in [-0.1, -0.05) is 31.9 Å². The summed E-state index contributed by atoms with van der Waals surface area (Å²) in [7, 11) is 0. The van der Waals surface area contributed by atoms with Crippen LogP contribution in [0, 0.1) is 5.41 Å². The Morgan fingerprint density at radius 1 is 1.32 bits per heavy atom. The van der Waals surface area contributed by atoms with Gasteiger partial charge in [0.15, 0.2) is 0 Å². The average molecular weight is 274 g/mol. The van der Waals surface area contributed by atoms with E-state index in [1.807, 2.05) is 0 Å². The molecule has 1 aliphatic rings. The minimum Gasteiger partial charge on any atom is -0.327 e. The highest BCUT2D eigenvalue weighted by Crippen LogP contribution is 2.44. The van der Waals surface area contributed by atoms with Gasteiger partial charge in [0.25, 0.3) is 0 Å². The van der Waals surface area contributed by atoms with Crippen LogP contribution in [0.1, 0.15) is 44.0 Å². The molecule has 1 fully saturated rings. The number of rotatable bonds is 4. The van der Waals surface area contributed by atoms with Crippen LogP contribution >= 0.6 is 11.3 Å². The van der Waals surface area contributed by atoms with Gasteiger partial charge in [-0.05, 0) is 36.8 Å². The van der Waals surface area contributed by atoms with Crippen molar-refractivity contribution in [2.75, 3.05) is 0 Å². The van der Waals surface area contributed by atoms with Gasteiger partial charge in [-0.2, -0.15) is 0 Å². The van der Waals surface area contributed by atoms with E-state index in [-0.39, 0.29) is 6.04 Å². The fourth-order valence-corrected chi connectivity index (χ4v) is 4.50. The third-order valence-corrected chi connectivity index (χ3v) is 5.88. The van der Waals surface area contributed by atoms with Gasteiger partial charge in [0.1, 0.15) is 0 Å². The number of hydrogen-bond donors (Lipinski definition) is 1. The number of nitrogens with zero attached hydrogens (tertiary/aromatic N) is 1. The van der Waals surface area contributed by atoms with Crippen LogP contribution in [-0.4, -0.2) is 11.0 Å². The van der Waals surface area contributed by atoms with E-state index in [0.29, 0.717) is 5.41 Å². The van der Waals surface area contributed by atoms with Crippen molar-refractivity contribution in [2.45, 2.75) is 51.5 Å². The number of aromatic nitrogens is 1. The molecule has 1 aliphatic carbocycles. The van der Waals surface area contributed by atoms with E-state index in [0.717, 1.165) is 11.9 Å². The van der Waals surface area contributed by atoms with Crippen LogP contribution in [-0.2, 0) is 6.42 Å². The standard InChI is InChI=1S/C16H22N2S/c1-2-16(9-5-6-10-16)14(17)11-15-18-12-7-3-4-8-13(12)19-15/h3-4,7-8,14H,2,5-6,9-11,17H2,1H3. The molecule has 0 saturated heterocycles. The predicted molar refractivity (Wildman–Crippen MR) is 82.5 cm³/mol. The van der Waals surface area contributed by atoms with Crippen molar-refractivity contribution in [3.8, 4) is 0 Å². The molecule has 3 rings (SSSR count). The van der Waals surface area contributed by atoms with E-state index in [9.17, 15) is 0 Å². The molecule has 1 heterocycles. The molecule has 1 unspecified atom stereocenters. The smallest absolute Gasteiger partial charge is 0.0954 e. The zero-order chi connectivity index (χ0) is 13.3. The normalized spacial score (nSPS) is 19.9. The summed E-state index contributed by atoms with van der Waals surface area (Å²) in [6.45, 7) is 2.30. The van der Waals surface area contributed by atoms with Gasteiger partial charge in [-0.3, -0.25) is 0 Å². The number of benzene rings is 1. The number of hydrogen-bond acceptors (Lipinski definition) is 3. The van der Waals surface area contributed by atoms with E-state index in [4.69, 9.17) is 10.7 Å². The molecule has 1 aromatic carbocycles. The molecule has 0 spiro atoms. The summed E-state index contributed by atoms with van der Waals surface area (Å²) in [6.07, 6.45) is 7.44. The highest BCUT2D eigenvalue weighted by Gasteiger charge is 2.38. The second-order valence-corrected chi connectivity index (χ2v) is 6.92. The van der Waals surface area contributed by atoms with Gasteiger partial charge in [0.05, 0.1) is 15.2 Å². The molecule has 2 aromatic rings. The van der Waals surface area contributed by atoms with Crippen LogP contribution in [0.4, 0.5) is 0 Å². The van der Waals surface area contributed by atoms with Crippen molar-refractivity contribution in [2.24, 2.45) is 11.1 Å². The van der Waals surface area contributed by atoms with Crippen molar-refractivity contribution in [1.82, 2.24) is 4.98 Å². The number of nitrogens with two attached hydrogens (primary N) is 1. The molecule has 102 valence electrons. The van der Waals surface area contributed by atoms with Gasteiger partial charge in [0, 0.05) is 12.5 Å². The Hall–Kier alpha value is -0.930. The lowest BCUT2D eigenvalue weighted by Gasteiger charge is -2.34. The molecule has 19 heavy (non-hydrogen) atoms. The van der Waals surface area contributed by atoms with E-state index in [1.54, 1.807) is 11.3 Å². The third kappa shape index (κ3) is 2.41. The van der Waals surface area contributed by atoms with Crippen LogP contribution in [0.15, 0.2) is 24.3 Å². The molecule has 1 saturated carbocycles. The van der Waals surface area contributed by atoms with Crippen molar-refractivity contribution in [3.63, 3.8) is 0 Å². The molecular weight excluding hydrogens is 252 g/mol. The summed E-state index contributed by atoms with van der Waals surface area (Å²) in [5, 5.41) is 1.20. The third-order valence-electron chi connectivity index (χ3n) is 4.82. The molecule has 1 atom stereocenters. The molecule has 2 N–H and O–H groups in total. The maximum Gasteiger partial charge on any atom is 0.0954 e. The van der Waals surface area contributed by atoms with Crippen molar-refractivity contribution >= 4 is 21.6 Å². The molecule has 2 nitrogen and oxygen atoms in total. The highest BCUT2D eigenvalue weighted by atomic mass is 32.1. The SMILES string of the molecule is CCC1(C(N)Cc2nc3ccccc3s2)CCCC1. The van der Waals surface area contributed by atoms with Crippen LogP contribution in [0.2, 0.25) is 0 Å². The van der Waals surface area contributed by atoms with Gasteiger partial charge < -0.3 is 5.73 Å². The summed E-state index contributed by atoms with van der Waals surface area (Å²) in [6, 6.07) is 8.63. The lowest BCUT2D eigenvalue weighted by Crippen LogP contribution is -2.41. The monoisotopic (exact) mass is 274 g/mol. The van der Waals surface area contributed by atoms with Crippen LogP contribution in [0.5, 0.6) is 0 Å². The van der Waals surface area contributed by atoms with Gasteiger partial charge in [-0.25, -0.2) is 4.98 Å². The zero-order valence-corrected chi connectivity index (χ0v) is 12.4. The van der Waals surface area contributed by atoms with E-state index in [1.165, 1.54) is 41.8 Å². The number of thiazole rings is 1.